The molecule has 0 aromatic heterocycles. The summed E-state index contributed by atoms with van der Waals surface area (Å²) < 4.78 is 16.8. The Morgan fingerprint density at radius 2 is 0.471 bits per heavy atom. The Kier molecular flexibility index (Phi) is 58.1. The predicted molar refractivity (Wildman–Crippen MR) is 303 cm³/mol. The third kappa shape index (κ3) is 57.1. The van der Waals surface area contributed by atoms with Gasteiger partial charge in [0.1, 0.15) is 13.2 Å². The Morgan fingerprint density at radius 3 is 0.714 bits per heavy atom. The fourth-order valence-electron chi connectivity index (χ4n) is 9.74. The van der Waals surface area contributed by atoms with E-state index in [2.05, 4.69) is 32.9 Å². The van der Waals surface area contributed by atoms with Crippen LogP contribution in [-0.4, -0.2) is 37.2 Å². The van der Waals surface area contributed by atoms with Crippen molar-refractivity contribution in [2.75, 3.05) is 13.2 Å². The van der Waals surface area contributed by atoms with Gasteiger partial charge in [0, 0.05) is 19.3 Å². The normalized spacial score (nSPS) is 12.0. The second kappa shape index (κ2) is 59.7. The van der Waals surface area contributed by atoms with Crippen LogP contribution in [0.4, 0.5) is 0 Å². The number of allylic oxidation sites excluding steroid dienone is 2. The summed E-state index contributed by atoms with van der Waals surface area (Å²) in [4.78, 5) is 37.8. The first-order valence-corrected chi connectivity index (χ1v) is 31.7. The van der Waals surface area contributed by atoms with E-state index in [-0.39, 0.29) is 31.1 Å². The van der Waals surface area contributed by atoms with E-state index in [1.807, 2.05) is 0 Å². The van der Waals surface area contributed by atoms with Crippen LogP contribution in [-0.2, 0) is 28.6 Å². The van der Waals surface area contributed by atoms with Gasteiger partial charge >= 0.3 is 17.9 Å². The number of ether oxygens (including phenoxy) is 3. The minimum atomic E-state index is -0.760. The second-order valence-corrected chi connectivity index (χ2v) is 21.7. The maximum atomic E-state index is 12.7. The Bertz CT molecular complexity index is 1090. The van der Waals surface area contributed by atoms with E-state index in [0.717, 1.165) is 57.8 Å². The molecule has 0 rings (SSSR count). The Hall–Kier alpha value is -1.85. The zero-order valence-corrected chi connectivity index (χ0v) is 47.6. The standard InChI is InChI=1S/C64H122O6/c1-4-7-10-13-16-18-20-21-22-23-24-25-26-27-28-29-30-31-32-33-34-35-36-37-38-39-40-41-42-43-44-46-48-51-54-57-63(66)69-60-61(59-68-62(65)56-53-50-47-15-12-9-6-3)70-64(67)58-55-52-49-45-19-17-14-11-8-5-2/h23-24,61H,4-22,25-60H2,1-3H3/b24-23-. The summed E-state index contributed by atoms with van der Waals surface area (Å²) in [5.74, 6) is -0.851. The minimum Gasteiger partial charge on any atom is -0.462 e. The molecule has 6 heteroatoms. The molecule has 0 saturated heterocycles. The molecule has 414 valence electrons. The summed E-state index contributed by atoms with van der Waals surface area (Å²) in [5.41, 5.74) is 0. The van der Waals surface area contributed by atoms with Crippen LogP contribution in [0.15, 0.2) is 12.2 Å². The van der Waals surface area contributed by atoms with Crippen molar-refractivity contribution in [1.82, 2.24) is 0 Å². The van der Waals surface area contributed by atoms with E-state index < -0.39 is 6.10 Å². The number of unbranched alkanes of at least 4 members (excludes halogenated alkanes) is 46. The summed E-state index contributed by atoms with van der Waals surface area (Å²) in [6.45, 7) is 6.63. The maximum Gasteiger partial charge on any atom is 0.306 e. The second-order valence-electron chi connectivity index (χ2n) is 21.7. The van der Waals surface area contributed by atoms with E-state index in [4.69, 9.17) is 14.2 Å². The van der Waals surface area contributed by atoms with Crippen molar-refractivity contribution >= 4 is 17.9 Å². The van der Waals surface area contributed by atoms with Crippen molar-refractivity contribution in [2.24, 2.45) is 0 Å². The molecular weight excluding hydrogens is 865 g/mol. The average Bonchev–Trinajstić information content (AvgIpc) is 3.36. The van der Waals surface area contributed by atoms with Gasteiger partial charge in [-0.3, -0.25) is 14.4 Å². The number of carbonyl (C=O) groups is 3. The van der Waals surface area contributed by atoms with E-state index in [9.17, 15) is 14.4 Å². The van der Waals surface area contributed by atoms with Crippen LogP contribution in [0.2, 0.25) is 0 Å². The third-order valence-electron chi connectivity index (χ3n) is 14.5. The van der Waals surface area contributed by atoms with Gasteiger partial charge in [0.2, 0.25) is 0 Å². The molecule has 0 saturated carbocycles. The molecule has 0 amide bonds. The summed E-state index contributed by atoms with van der Waals surface area (Å²) in [6, 6.07) is 0. The van der Waals surface area contributed by atoms with Crippen molar-refractivity contribution in [1.29, 1.82) is 0 Å². The van der Waals surface area contributed by atoms with E-state index >= 15 is 0 Å². The first-order valence-electron chi connectivity index (χ1n) is 31.7. The molecule has 0 bridgehead atoms. The fraction of sp³-hybridized carbons (Fsp3) is 0.922. The van der Waals surface area contributed by atoms with Gasteiger partial charge < -0.3 is 14.2 Å². The van der Waals surface area contributed by atoms with Gasteiger partial charge in [-0.2, -0.15) is 0 Å². The first-order chi connectivity index (χ1) is 34.5. The summed E-state index contributed by atoms with van der Waals surface area (Å²) >= 11 is 0. The smallest absolute Gasteiger partial charge is 0.306 e. The highest BCUT2D eigenvalue weighted by atomic mass is 16.6. The topological polar surface area (TPSA) is 78.9 Å². The molecule has 1 atom stereocenters. The van der Waals surface area contributed by atoms with Gasteiger partial charge in [0.25, 0.3) is 0 Å². The minimum absolute atomic E-state index is 0.0637. The number of hydrogen-bond donors (Lipinski definition) is 0. The molecule has 0 aliphatic heterocycles. The van der Waals surface area contributed by atoms with Crippen LogP contribution in [0.25, 0.3) is 0 Å². The van der Waals surface area contributed by atoms with Gasteiger partial charge in [0.05, 0.1) is 0 Å². The molecule has 0 aromatic carbocycles. The fourth-order valence-corrected chi connectivity index (χ4v) is 9.74. The lowest BCUT2D eigenvalue weighted by Crippen LogP contribution is -2.30. The Labute approximate surface area is 437 Å². The van der Waals surface area contributed by atoms with E-state index in [1.54, 1.807) is 0 Å². The van der Waals surface area contributed by atoms with E-state index in [0.29, 0.717) is 19.3 Å². The zero-order chi connectivity index (χ0) is 50.7. The molecule has 0 N–H and O–H groups in total. The lowest BCUT2D eigenvalue weighted by molar-refractivity contribution is -0.167. The molecule has 0 fully saturated rings. The molecule has 0 aliphatic carbocycles. The van der Waals surface area contributed by atoms with Crippen molar-refractivity contribution in [3.8, 4) is 0 Å². The Balaban J connectivity index is 3.81. The van der Waals surface area contributed by atoms with Crippen molar-refractivity contribution in [3.05, 3.63) is 12.2 Å². The monoisotopic (exact) mass is 987 g/mol. The summed E-state index contributed by atoms with van der Waals surface area (Å²) in [6.07, 6.45) is 70.0. The highest BCUT2D eigenvalue weighted by Gasteiger charge is 2.19. The zero-order valence-electron chi connectivity index (χ0n) is 47.6. The largest absolute Gasteiger partial charge is 0.462 e. The van der Waals surface area contributed by atoms with Crippen LogP contribution in [0.5, 0.6) is 0 Å². The van der Waals surface area contributed by atoms with Crippen LogP contribution in [0, 0.1) is 0 Å². The van der Waals surface area contributed by atoms with Crippen LogP contribution in [0.3, 0.4) is 0 Å². The third-order valence-corrected chi connectivity index (χ3v) is 14.5. The molecule has 1 unspecified atom stereocenters. The van der Waals surface area contributed by atoms with Crippen LogP contribution in [0.1, 0.15) is 361 Å². The summed E-state index contributed by atoms with van der Waals surface area (Å²) in [5, 5.41) is 0. The quantitative estimate of drug-likeness (QED) is 0.0261. The van der Waals surface area contributed by atoms with Gasteiger partial charge in [-0.15, -0.1) is 0 Å². The first kappa shape index (κ1) is 68.2. The predicted octanol–water partition coefficient (Wildman–Crippen LogP) is 21.3. The summed E-state index contributed by atoms with van der Waals surface area (Å²) in [7, 11) is 0. The highest BCUT2D eigenvalue weighted by Crippen LogP contribution is 2.18. The Morgan fingerprint density at radius 1 is 0.271 bits per heavy atom. The number of carbonyl (C=O) groups excluding carboxylic acids is 3. The molecular formula is C64H122O6. The SMILES string of the molecule is CCCCCCCCCC/C=C\CCCCCCCCCCCCCCCCCCCCCCCCCC(=O)OCC(COC(=O)CCCCCCCCC)OC(=O)CCCCCCCCCCCC. The lowest BCUT2D eigenvalue weighted by Gasteiger charge is -2.18. The molecule has 0 radical (unpaired) electrons. The number of hydrogen-bond acceptors (Lipinski definition) is 6. The van der Waals surface area contributed by atoms with Crippen molar-refractivity contribution in [2.45, 2.75) is 367 Å². The van der Waals surface area contributed by atoms with Gasteiger partial charge in [-0.05, 0) is 44.9 Å². The van der Waals surface area contributed by atoms with Crippen LogP contribution >= 0.6 is 0 Å². The molecule has 6 nitrogen and oxygen atoms in total. The van der Waals surface area contributed by atoms with E-state index in [1.165, 1.54) is 263 Å². The number of rotatable bonds is 59. The van der Waals surface area contributed by atoms with Gasteiger partial charge in [0.15, 0.2) is 6.10 Å². The maximum absolute atomic E-state index is 12.7. The number of esters is 3. The van der Waals surface area contributed by atoms with Crippen LogP contribution < -0.4 is 0 Å². The lowest BCUT2D eigenvalue weighted by atomic mass is 10.0. The molecule has 0 aromatic rings. The molecule has 0 spiro atoms. The highest BCUT2D eigenvalue weighted by molar-refractivity contribution is 5.71. The molecule has 70 heavy (non-hydrogen) atoms. The molecule has 0 aliphatic rings. The van der Waals surface area contributed by atoms with Crippen molar-refractivity contribution < 1.29 is 28.6 Å². The average molecular weight is 988 g/mol. The molecule has 0 heterocycles. The van der Waals surface area contributed by atoms with Gasteiger partial charge in [-0.1, -0.05) is 309 Å². The van der Waals surface area contributed by atoms with Crippen molar-refractivity contribution in [3.63, 3.8) is 0 Å². The van der Waals surface area contributed by atoms with Gasteiger partial charge in [-0.25, -0.2) is 0 Å².